The van der Waals surface area contributed by atoms with E-state index in [9.17, 15) is 9.59 Å². The summed E-state index contributed by atoms with van der Waals surface area (Å²) < 4.78 is 11.3. The topological polar surface area (TPSA) is 80.8 Å². The predicted molar refractivity (Wildman–Crippen MR) is 111 cm³/mol. The number of nitrogens with one attached hydrogen (secondary N) is 1. The van der Waals surface area contributed by atoms with E-state index in [1.54, 1.807) is 17.3 Å². The number of hydrogen-bond acceptors (Lipinski definition) is 5. The number of pyridine rings is 1. The summed E-state index contributed by atoms with van der Waals surface area (Å²) in [5.41, 5.74) is 1.98. The summed E-state index contributed by atoms with van der Waals surface area (Å²) in [6.07, 6.45) is 3.66. The fourth-order valence-electron chi connectivity index (χ4n) is 3.97. The lowest BCUT2D eigenvalue weighted by molar-refractivity contribution is -0.129. The van der Waals surface area contributed by atoms with E-state index in [0.29, 0.717) is 32.1 Å². The molecule has 0 unspecified atom stereocenters. The van der Waals surface area contributed by atoms with Gasteiger partial charge in [0.05, 0.1) is 12.0 Å². The Bertz CT molecular complexity index is 916. The summed E-state index contributed by atoms with van der Waals surface area (Å²) in [4.78, 5) is 31.2. The summed E-state index contributed by atoms with van der Waals surface area (Å²) in [6.45, 7) is 6.13. The molecule has 0 saturated carbocycles. The maximum absolute atomic E-state index is 13.0. The van der Waals surface area contributed by atoms with Gasteiger partial charge in [0, 0.05) is 31.9 Å². The molecule has 0 spiro atoms. The van der Waals surface area contributed by atoms with E-state index in [1.165, 1.54) is 0 Å². The number of nitrogens with zero attached hydrogens (tertiary/aromatic N) is 2. The molecule has 7 nitrogen and oxygen atoms in total. The summed E-state index contributed by atoms with van der Waals surface area (Å²) in [6, 6.07) is 9.40. The molecule has 2 aliphatic heterocycles. The standard InChI is InChI=1S/C23H27N3O4/c1-15(2)22(17-3-4-19-20(11-17)30-10-9-29-19)25-23(28)18-12-21(27)26(14-18)13-16-5-7-24-8-6-16/h3-8,11,15,18,22H,9-10,12-14H2,1-2H3,(H,25,28)/t18-,22-/m0/s1. The molecule has 2 aliphatic rings. The smallest absolute Gasteiger partial charge is 0.225 e. The van der Waals surface area contributed by atoms with Gasteiger partial charge in [-0.1, -0.05) is 19.9 Å². The Hall–Kier alpha value is -3.09. The molecular weight excluding hydrogens is 382 g/mol. The zero-order chi connectivity index (χ0) is 21.1. The Labute approximate surface area is 176 Å². The SMILES string of the molecule is CC(C)[C@H](NC(=O)[C@H]1CC(=O)N(Cc2ccncc2)C1)c1ccc2c(c1)OCCO2. The summed E-state index contributed by atoms with van der Waals surface area (Å²) in [5.74, 6) is 1.19. The van der Waals surface area contributed by atoms with Gasteiger partial charge in [0.25, 0.3) is 0 Å². The minimum atomic E-state index is -0.349. The van der Waals surface area contributed by atoms with Gasteiger partial charge in [0.2, 0.25) is 11.8 Å². The molecule has 0 radical (unpaired) electrons. The van der Waals surface area contributed by atoms with E-state index in [2.05, 4.69) is 24.1 Å². The third-order valence-electron chi connectivity index (χ3n) is 5.60. The van der Waals surface area contributed by atoms with Crippen molar-refractivity contribution >= 4 is 11.8 Å². The minimum Gasteiger partial charge on any atom is -0.486 e. The van der Waals surface area contributed by atoms with Crippen molar-refractivity contribution in [2.24, 2.45) is 11.8 Å². The number of hydrogen-bond donors (Lipinski definition) is 1. The molecule has 0 bridgehead atoms. The fourth-order valence-corrected chi connectivity index (χ4v) is 3.97. The lowest BCUT2D eigenvalue weighted by Crippen LogP contribution is -2.37. The van der Waals surface area contributed by atoms with Crippen molar-refractivity contribution in [3.05, 3.63) is 53.9 Å². The van der Waals surface area contributed by atoms with Crippen molar-refractivity contribution in [3.8, 4) is 11.5 Å². The quantitative estimate of drug-likeness (QED) is 0.794. The van der Waals surface area contributed by atoms with Crippen molar-refractivity contribution in [2.45, 2.75) is 32.9 Å². The van der Waals surface area contributed by atoms with Gasteiger partial charge in [0.15, 0.2) is 11.5 Å². The van der Waals surface area contributed by atoms with Crippen LogP contribution in [0.5, 0.6) is 11.5 Å². The Balaban J connectivity index is 1.43. The molecule has 2 amide bonds. The Morgan fingerprint density at radius 1 is 1.17 bits per heavy atom. The van der Waals surface area contributed by atoms with Crippen LogP contribution in [0.4, 0.5) is 0 Å². The van der Waals surface area contributed by atoms with Crippen LogP contribution in [-0.2, 0) is 16.1 Å². The minimum absolute atomic E-state index is 0.00684. The van der Waals surface area contributed by atoms with E-state index in [0.717, 1.165) is 16.9 Å². The van der Waals surface area contributed by atoms with Gasteiger partial charge in [-0.05, 0) is 41.3 Å². The maximum atomic E-state index is 13.0. The van der Waals surface area contributed by atoms with Crippen LogP contribution in [0, 0.1) is 11.8 Å². The highest BCUT2D eigenvalue weighted by Crippen LogP contribution is 2.34. The van der Waals surface area contributed by atoms with Gasteiger partial charge in [0.1, 0.15) is 13.2 Å². The fraction of sp³-hybridized carbons (Fsp3) is 0.435. The molecule has 3 heterocycles. The highest BCUT2D eigenvalue weighted by atomic mass is 16.6. The summed E-state index contributed by atoms with van der Waals surface area (Å²) in [7, 11) is 0. The number of carbonyl (C=O) groups is 2. The first-order valence-corrected chi connectivity index (χ1v) is 10.4. The number of fused-ring (bicyclic) bond motifs is 1. The second-order valence-electron chi connectivity index (χ2n) is 8.16. The number of aromatic nitrogens is 1. The summed E-state index contributed by atoms with van der Waals surface area (Å²) in [5, 5.41) is 3.16. The lowest BCUT2D eigenvalue weighted by Gasteiger charge is -2.26. The lowest BCUT2D eigenvalue weighted by atomic mass is 9.94. The first-order valence-electron chi connectivity index (χ1n) is 10.4. The van der Waals surface area contributed by atoms with E-state index in [-0.39, 0.29) is 36.1 Å². The highest BCUT2D eigenvalue weighted by Gasteiger charge is 2.35. The average molecular weight is 409 g/mol. The van der Waals surface area contributed by atoms with Crippen LogP contribution < -0.4 is 14.8 Å². The van der Waals surface area contributed by atoms with Crippen LogP contribution in [0.2, 0.25) is 0 Å². The van der Waals surface area contributed by atoms with Gasteiger partial charge in [-0.2, -0.15) is 0 Å². The Morgan fingerprint density at radius 2 is 1.90 bits per heavy atom. The Kier molecular flexibility index (Phi) is 5.88. The maximum Gasteiger partial charge on any atom is 0.225 e. The predicted octanol–water partition coefficient (Wildman–Crippen LogP) is 2.71. The van der Waals surface area contributed by atoms with Crippen LogP contribution in [0.15, 0.2) is 42.7 Å². The van der Waals surface area contributed by atoms with E-state index < -0.39 is 0 Å². The normalized spacial score (nSPS) is 19.1. The van der Waals surface area contributed by atoms with Crippen molar-refractivity contribution in [1.82, 2.24) is 15.2 Å². The van der Waals surface area contributed by atoms with E-state index in [1.807, 2.05) is 30.3 Å². The van der Waals surface area contributed by atoms with Crippen LogP contribution in [0.1, 0.15) is 37.4 Å². The molecule has 7 heteroatoms. The molecule has 2 atom stereocenters. The Morgan fingerprint density at radius 3 is 2.63 bits per heavy atom. The van der Waals surface area contributed by atoms with Gasteiger partial charge in [-0.25, -0.2) is 0 Å². The van der Waals surface area contributed by atoms with E-state index in [4.69, 9.17) is 9.47 Å². The number of amides is 2. The van der Waals surface area contributed by atoms with Crippen molar-refractivity contribution < 1.29 is 19.1 Å². The van der Waals surface area contributed by atoms with Crippen LogP contribution >= 0.6 is 0 Å². The third-order valence-corrected chi connectivity index (χ3v) is 5.60. The highest BCUT2D eigenvalue weighted by molar-refractivity contribution is 5.89. The molecule has 158 valence electrons. The van der Waals surface area contributed by atoms with Gasteiger partial charge < -0.3 is 19.7 Å². The molecule has 1 saturated heterocycles. The van der Waals surface area contributed by atoms with E-state index >= 15 is 0 Å². The second-order valence-corrected chi connectivity index (χ2v) is 8.16. The van der Waals surface area contributed by atoms with Crippen molar-refractivity contribution in [2.75, 3.05) is 19.8 Å². The van der Waals surface area contributed by atoms with Gasteiger partial charge in [-0.15, -0.1) is 0 Å². The summed E-state index contributed by atoms with van der Waals surface area (Å²) >= 11 is 0. The van der Waals surface area contributed by atoms with Crippen molar-refractivity contribution in [1.29, 1.82) is 0 Å². The molecule has 30 heavy (non-hydrogen) atoms. The van der Waals surface area contributed by atoms with Gasteiger partial charge >= 0.3 is 0 Å². The molecule has 0 aliphatic carbocycles. The number of carbonyl (C=O) groups excluding carboxylic acids is 2. The number of rotatable bonds is 6. The average Bonchev–Trinajstić information content (AvgIpc) is 3.12. The molecule has 1 aromatic heterocycles. The first-order chi connectivity index (χ1) is 14.5. The first kappa shape index (κ1) is 20.2. The number of likely N-dealkylation sites (tertiary alicyclic amines) is 1. The monoisotopic (exact) mass is 409 g/mol. The molecule has 2 aromatic rings. The molecule has 1 fully saturated rings. The molecule has 1 aromatic carbocycles. The molecule has 4 rings (SSSR count). The zero-order valence-electron chi connectivity index (χ0n) is 17.3. The third kappa shape index (κ3) is 4.40. The molecule has 1 N–H and O–H groups in total. The number of benzene rings is 1. The van der Waals surface area contributed by atoms with Crippen LogP contribution in [0.3, 0.4) is 0 Å². The van der Waals surface area contributed by atoms with Gasteiger partial charge in [-0.3, -0.25) is 14.6 Å². The van der Waals surface area contributed by atoms with Crippen molar-refractivity contribution in [3.63, 3.8) is 0 Å². The van der Waals surface area contributed by atoms with Crippen LogP contribution in [0.25, 0.3) is 0 Å². The zero-order valence-corrected chi connectivity index (χ0v) is 17.3. The van der Waals surface area contributed by atoms with Crippen LogP contribution in [-0.4, -0.2) is 41.5 Å². The largest absolute Gasteiger partial charge is 0.486 e. The second kappa shape index (κ2) is 8.73. The molecular formula is C23H27N3O4. The number of ether oxygens (including phenoxy) is 2.